The Kier molecular flexibility index (Phi) is 8.32. The minimum atomic E-state index is -0.151. The Bertz CT molecular complexity index is 750. The van der Waals surface area contributed by atoms with Gasteiger partial charge in [0.2, 0.25) is 0 Å². The maximum absolute atomic E-state index is 12.2. The van der Waals surface area contributed by atoms with Crippen LogP contribution in [0.4, 0.5) is 5.69 Å². The summed E-state index contributed by atoms with van der Waals surface area (Å²) >= 11 is 0. The molecule has 0 aliphatic heterocycles. The molecule has 0 aromatic heterocycles. The summed E-state index contributed by atoms with van der Waals surface area (Å²) in [6.45, 7) is 7.32. The topological polar surface area (TPSA) is 84.2 Å². The van der Waals surface area contributed by atoms with Crippen molar-refractivity contribution in [3.8, 4) is 0 Å². The van der Waals surface area contributed by atoms with E-state index in [-0.39, 0.29) is 29.6 Å². The molecule has 0 unspecified atom stereocenters. The summed E-state index contributed by atoms with van der Waals surface area (Å²) in [5, 5.41) is 5.78. The molecule has 2 amide bonds. The van der Waals surface area contributed by atoms with Gasteiger partial charge in [-0.3, -0.25) is 9.59 Å². The number of carbonyl (C=O) groups excluding carboxylic acids is 2. The highest BCUT2D eigenvalue weighted by Crippen LogP contribution is 2.11. The van der Waals surface area contributed by atoms with E-state index in [2.05, 4.69) is 31.4 Å². The van der Waals surface area contributed by atoms with Crippen molar-refractivity contribution in [2.75, 3.05) is 18.8 Å². The van der Waals surface area contributed by atoms with Crippen LogP contribution < -0.4 is 16.4 Å². The second-order valence-electron chi connectivity index (χ2n) is 7.57. The molecule has 2 aromatic rings. The van der Waals surface area contributed by atoms with Crippen LogP contribution in [0.15, 0.2) is 48.5 Å². The lowest BCUT2D eigenvalue weighted by Gasteiger charge is -2.18. The van der Waals surface area contributed by atoms with Crippen LogP contribution in [-0.2, 0) is 6.42 Å². The Morgan fingerprint density at radius 3 is 1.81 bits per heavy atom. The lowest BCUT2D eigenvalue weighted by Crippen LogP contribution is -2.32. The van der Waals surface area contributed by atoms with Crippen LogP contribution in [0, 0.1) is 5.41 Å². The molecule has 0 fully saturated rings. The van der Waals surface area contributed by atoms with Gasteiger partial charge in [0.1, 0.15) is 0 Å². The number of rotatable bonds is 6. The van der Waals surface area contributed by atoms with Crippen LogP contribution in [0.3, 0.4) is 0 Å². The fourth-order valence-corrected chi connectivity index (χ4v) is 2.33. The minimum Gasteiger partial charge on any atom is -0.399 e. The van der Waals surface area contributed by atoms with E-state index in [1.54, 1.807) is 24.3 Å². The number of anilines is 1. The van der Waals surface area contributed by atoms with Gasteiger partial charge < -0.3 is 16.4 Å². The number of nitrogen functional groups attached to an aromatic ring is 1. The normalized spacial score (nSPS) is 10.6. The minimum absolute atomic E-state index is 0. The van der Waals surface area contributed by atoms with Gasteiger partial charge in [-0.05, 0) is 53.8 Å². The summed E-state index contributed by atoms with van der Waals surface area (Å²) in [4.78, 5) is 24.3. The number of hydrogen-bond acceptors (Lipinski definition) is 3. The highest BCUT2D eigenvalue weighted by molar-refractivity contribution is 5.97. The van der Waals surface area contributed by atoms with E-state index >= 15 is 0 Å². The fourth-order valence-electron chi connectivity index (χ4n) is 2.33. The Hall–Kier alpha value is -2.53. The summed E-state index contributed by atoms with van der Waals surface area (Å²) in [5.41, 5.74) is 8.61. The van der Waals surface area contributed by atoms with E-state index in [4.69, 9.17) is 5.73 Å². The molecule has 0 spiro atoms. The second kappa shape index (κ2) is 9.97. The molecular formula is C21H28ClN3O2. The van der Waals surface area contributed by atoms with Gasteiger partial charge in [-0.1, -0.05) is 32.9 Å². The Morgan fingerprint density at radius 1 is 0.852 bits per heavy atom. The van der Waals surface area contributed by atoms with Crippen molar-refractivity contribution in [2.24, 2.45) is 5.41 Å². The van der Waals surface area contributed by atoms with Gasteiger partial charge in [0.25, 0.3) is 11.8 Å². The van der Waals surface area contributed by atoms with Gasteiger partial charge in [0, 0.05) is 29.9 Å². The van der Waals surface area contributed by atoms with Crippen molar-refractivity contribution in [3.05, 3.63) is 65.2 Å². The van der Waals surface area contributed by atoms with Crippen LogP contribution in [0.1, 0.15) is 47.1 Å². The molecule has 0 aliphatic carbocycles. The van der Waals surface area contributed by atoms with Crippen LogP contribution in [0.2, 0.25) is 0 Å². The first-order valence-corrected chi connectivity index (χ1v) is 8.75. The largest absolute Gasteiger partial charge is 0.399 e. The average molecular weight is 390 g/mol. The van der Waals surface area contributed by atoms with Crippen LogP contribution in [0.5, 0.6) is 0 Å². The molecule has 0 heterocycles. The van der Waals surface area contributed by atoms with Gasteiger partial charge in [-0.15, -0.1) is 12.4 Å². The molecule has 146 valence electrons. The maximum atomic E-state index is 12.2. The van der Waals surface area contributed by atoms with E-state index < -0.39 is 0 Å². The SMILES string of the molecule is CC(C)(C)CNC(=O)c1ccc(C(=O)NCCc2ccc(N)cc2)cc1.Cl. The number of hydrogen-bond donors (Lipinski definition) is 3. The number of nitrogens with two attached hydrogens (primary N) is 1. The summed E-state index contributed by atoms with van der Waals surface area (Å²) < 4.78 is 0. The van der Waals surface area contributed by atoms with E-state index in [0.29, 0.717) is 24.2 Å². The first-order chi connectivity index (χ1) is 12.2. The highest BCUT2D eigenvalue weighted by atomic mass is 35.5. The van der Waals surface area contributed by atoms with Crippen molar-refractivity contribution in [3.63, 3.8) is 0 Å². The van der Waals surface area contributed by atoms with Crippen molar-refractivity contribution < 1.29 is 9.59 Å². The highest BCUT2D eigenvalue weighted by Gasteiger charge is 2.13. The number of nitrogens with one attached hydrogen (secondary N) is 2. The third kappa shape index (κ3) is 7.71. The van der Waals surface area contributed by atoms with Crippen LogP contribution >= 0.6 is 12.4 Å². The molecule has 0 radical (unpaired) electrons. The zero-order valence-electron chi connectivity index (χ0n) is 16.0. The Balaban J connectivity index is 0.00000364. The first kappa shape index (κ1) is 22.5. The lowest BCUT2D eigenvalue weighted by molar-refractivity contribution is 0.0933. The van der Waals surface area contributed by atoms with E-state index in [9.17, 15) is 9.59 Å². The Morgan fingerprint density at radius 2 is 1.33 bits per heavy atom. The van der Waals surface area contributed by atoms with Gasteiger partial charge >= 0.3 is 0 Å². The van der Waals surface area contributed by atoms with Crippen LogP contribution in [0.25, 0.3) is 0 Å². The molecular weight excluding hydrogens is 362 g/mol. The second-order valence-corrected chi connectivity index (χ2v) is 7.57. The van der Waals surface area contributed by atoms with Gasteiger partial charge in [-0.2, -0.15) is 0 Å². The predicted octanol–water partition coefficient (Wildman–Crippen LogP) is 3.44. The van der Waals surface area contributed by atoms with E-state index in [0.717, 1.165) is 17.7 Å². The number of carbonyl (C=O) groups is 2. The molecule has 27 heavy (non-hydrogen) atoms. The molecule has 0 saturated carbocycles. The molecule has 2 aromatic carbocycles. The molecule has 0 aliphatic rings. The number of amides is 2. The van der Waals surface area contributed by atoms with Crippen LogP contribution in [-0.4, -0.2) is 24.9 Å². The maximum Gasteiger partial charge on any atom is 0.251 e. The Labute approximate surface area is 167 Å². The summed E-state index contributed by atoms with van der Waals surface area (Å²) in [6.07, 6.45) is 0.735. The van der Waals surface area contributed by atoms with E-state index in [1.165, 1.54) is 0 Å². The zero-order chi connectivity index (χ0) is 19.2. The summed E-state index contributed by atoms with van der Waals surface area (Å²) in [5.74, 6) is -0.280. The summed E-state index contributed by atoms with van der Waals surface area (Å²) in [7, 11) is 0. The standard InChI is InChI=1S/C21H27N3O2.ClH/c1-21(2,3)14-24-20(26)17-8-6-16(7-9-17)19(25)23-13-12-15-4-10-18(22)11-5-15;/h4-11H,12-14,22H2,1-3H3,(H,23,25)(H,24,26);1H. The molecule has 4 N–H and O–H groups in total. The summed E-state index contributed by atoms with van der Waals surface area (Å²) in [6, 6.07) is 14.3. The lowest BCUT2D eigenvalue weighted by atomic mass is 9.97. The molecule has 0 bridgehead atoms. The average Bonchev–Trinajstić information content (AvgIpc) is 2.61. The molecule has 6 heteroatoms. The van der Waals surface area contributed by atoms with Crippen molar-refractivity contribution in [1.29, 1.82) is 0 Å². The number of halogens is 1. The van der Waals surface area contributed by atoms with Gasteiger partial charge in [0.15, 0.2) is 0 Å². The van der Waals surface area contributed by atoms with Crippen molar-refractivity contribution >= 4 is 29.9 Å². The smallest absolute Gasteiger partial charge is 0.251 e. The molecule has 5 nitrogen and oxygen atoms in total. The predicted molar refractivity (Wildman–Crippen MR) is 112 cm³/mol. The molecule has 0 saturated heterocycles. The van der Waals surface area contributed by atoms with E-state index in [1.807, 2.05) is 24.3 Å². The molecule has 2 rings (SSSR count). The van der Waals surface area contributed by atoms with Crippen molar-refractivity contribution in [1.82, 2.24) is 10.6 Å². The quantitative estimate of drug-likeness (QED) is 0.661. The monoisotopic (exact) mass is 389 g/mol. The zero-order valence-corrected chi connectivity index (χ0v) is 16.9. The molecule has 0 atom stereocenters. The van der Waals surface area contributed by atoms with Gasteiger partial charge in [-0.25, -0.2) is 0 Å². The fraction of sp³-hybridized carbons (Fsp3) is 0.333. The first-order valence-electron chi connectivity index (χ1n) is 8.75. The third-order valence-electron chi connectivity index (χ3n) is 3.87. The number of benzene rings is 2. The van der Waals surface area contributed by atoms with Gasteiger partial charge in [0.05, 0.1) is 0 Å². The third-order valence-corrected chi connectivity index (χ3v) is 3.87. The van der Waals surface area contributed by atoms with Crippen molar-refractivity contribution in [2.45, 2.75) is 27.2 Å².